The van der Waals surface area contributed by atoms with E-state index in [0.29, 0.717) is 12.1 Å². The summed E-state index contributed by atoms with van der Waals surface area (Å²) in [5.74, 6) is 3.30. The topological polar surface area (TPSA) is 70.4 Å². The van der Waals surface area contributed by atoms with Gasteiger partial charge in [-0.3, -0.25) is 9.89 Å². The number of aryl methyl sites for hydroxylation is 2. The molecule has 28 heavy (non-hydrogen) atoms. The minimum Gasteiger partial charge on any atom is -0.357 e. The van der Waals surface area contributed by atoms with Gasteiger partial charge in [-0.15, -0.1) is 10.2 Å². The van der Waals surface area contributed by atoms with Gasteiger partial charge in [0.05, 0.1) is 0 Å². The Balaban J connectivity index is 1.26. The van der Waals surface area contributed by atoms with Gasteiger partial charge in [0, 0.05) is 57.1 Å². The fourth-order valence-electron chi connectivity index (χ4n) is 4.75. The van der Waals surface area contributed by atoms with Gasteiger partial charge >= 0.3 is 0 Å². The van der Waals surface area contributed by atoms with Gasteiger partial charge in [0.2, 0.25) is 0 Å². The Bertz CT molecular complexity index is 664. The molecule has 0 aromatic carbocycles. The van der Waals surface area contributed by atoms with Crippen molar-refractivity contribution >= 4 is 5.96 Å². The maximum absolute atomic E-state index is 4.84. The second-order valence-electron chi connectivity index (χ2n) is 8.71. The van der Waals surface area contributed by atoms with Crippen LogP contribution in [0.1, 0.15) is 70.4 Å². The number of nitrogens with one attached hydrogen (secondary N) is 2. The Hall–Kier alpha value is -1.63. The van der Waals surface area contributed by atoms with Crippen LogP contribution in [0.2, 0.25) is 0 Å². The molecule has 1 aliphatic carbocycles. The molecule has 2 atom stereocenters. The van der Waals surface area contributed by atoms with E-state index >= 15 is 0 Å². The molecule has 0 spiro atoms. The second kappa shape index (κ2) is 9.25. The smallest absolute Gasteiger partial charge is 0.191 e. The zero-order valence-corrected chi connectivity index (χ0v) is 17.7. The van der Waals surface area contributed by atoms with E-state index in [2.05, 4.69) is 44.1 Å². The number of aliphatic imine (C=N–C) groups is 1. The Morgan fingerprint density at radius 2 is 2.11 bits per heavy atom. The van der Waals surface area contributed by atoms with Crippen molar-refractivity contribution in [3.8, 4) is 0 Å². The molecule has 0 bridgehead atoms. The molecule has 0 amide bonds. The molecule has 2 aliphatic heterocycles. The minimum atomic E-state index is 0.515. The van der Waals surface area contributed by atoms with Gasteiger partial charge < -0.3 is 15.2 Å². The third-order valence-electron chi connectivity index (χ3n) is 6.34. The molecule has 2 N–H and O–H groups in total. The summed E-state index contributed by atoms with van der Waals surface area (Å²) in [6.45, 7) is 8.47. The van der Waals surface area contributed by atoms with Crippen LogP contribution >= 0.6 is 0 Å². The maximum atomic E-state index is 4.84. The molecule has 0 radical (unpaired) electrons. The zero-order valence-electron chi connectivity index (χ0n) is 17.7. The number of nitrogens with zero attached hydrogens (tertiary/aromatic N) is 5. The number of hydrogen-bond acceptors (Lipinski definition) is 4. The van der Waals surface area contributed by atoms with Crippen LogP contribution < -0.4 is 10.6 Å². The minimum absolute atomic E-state index is 0.515. The summed E-state index contributed by atoms with van der Waals surface area (Å²) in [5, 5.41) is 16.0. The van der Waals surface area contributed by atoms with Crippen LogP contribution in [-0.2, 0) is 19.4 Å². The van der Waals surface area contributed by atoms with E-state index in [9.17, 15) is 0 Å². The third-order valence-corrected chi connectivity index (χ3v) is 6.34. The average molecular weight is 388 g/mol. The highest BCUT2D eigenvalue weighted by molar-refractivity contribution is 5.80. The standard InChI is InChI=1S/C21H37N7/c1-3-22-21(24-17-14-16(2)28(15-17)18-10-11-18)23-12-7-9-20-26-25-19-8-5-4-6-13-27(19)20/h16-18H,3-15H2,1-2H3,(H2,22,23,24). The van der Waals surface area contributed by atoms with Gasteiger partial charge in [0.1, 0.15) is 11.6 Å². The second-order valence-corrected chi connectivity index (χ2v) is 8.71. The van der Waals surface area contributed by atoms with E-state index in [1.807, 2.05) is 0 Å². The lowest BCUT2D eigenvalue weighted by atomic mass is 10.2. The number of guanidine groups is 1. The molecule has 2 fully saturated rings. The summed E-state index contributed by atoms with van der Waals surface area (Å²) < 4.78 is 2.35. The van der Waals surface area contributed by atoms with Gasteiger partial charge in [0.15, 0.2) is 5.96 Å². The van der Waals surface area contributed by atoms with E-state index in [1.165, 1.54) is 44.3 Å². The summed E-state index contributed by atoms with van der Waals surface area (Å²) in [6, 6.07) is 2.05. The SMILES string of the molecule is CCNC(=NCCCc1nnc2n1CCCCC2)NC1CC(C)N(C2CC2)C1. The predicted molar refractivity (Wildman–Crippen MR) is 113 cm³/mol. The first-order valence-corrected chi connectivity index (χ1v) is 11.5. The number of aromatic nitrogens is 3. The van der Waals surface area contributed by atoms with Crippen molar-refractivity contribution in [1.82, 2.24) is 30.3 Å². The van der Waals surface area contributed by atoms with Crippen LogP contribution in [0.4, 0.5) is 0 Å². The fourth-order valence-corrected chi connectivity index (χ4v) is 4.75. The van der Waals surface area contributed by atoms with E-state index in [-0.39, 0.29) is 0 Å². The first-order valence-electron chi connectivity index (χ1n) is 11.5. The van der Waals surface area contributed by atoms with Crippen molar-refractivity contribution in [3.63, 3.8) is 0 Å². The number of likely N-dealkylation sites (tertiary alicyclic amines) is 1. The Morgan fingerprint density at radius 3 is 2.93 bits per heavy atom. The van der Waals surface area contributed by atoms with Crippen molar-refractivity contribution in [3.05, 3.63) is 11.6 Å². The van der Waals surface area contributed by atoms with Crippen LogP contribution in [-0.4, -0.2) is 63.4 Å². The van der Waals surface area contributed by atoms with E-state index < -0.39 is 0 Å². The van der Waals surface area contributed by atoms with E-state index in [1.54, 1.807) is 0 Å². The third kappa shape index (κ3) is 4.85. The van der Waals surface area contributed by atoms with E-state index in [0.717, 1.165) is 63.3 Å². The molecule has 7 heteroatoms. The lowest BCUT2D eigenvalue weighted by Gasteiger charge is -2.20. The molecule has 1 saturated heterocycles. The van der Waals surface area contributed by atoms with Crippen LogP contribution in [0.5, 0.6) is 0 Å². The average Bonchev–Trinajstić information content (AvgIpc) is 3.42. The Kier molecular flexibility index (Phi) is 6.50. The van der Waals surface area contributed by atoms with Gasteiger partial charge in [-0.2, -0.15) is 0 Å². The molecule has 7 nitrogen and oxygen atoms in total. The van der Waals surface area contributed by atoms with Crippen LogP contribution in [0.25, 0.3) is 0 Å². The molecule has 1 aromatic rings. The van der Waals surface area contributed by atoms with Gasteiger partial charge in [-0.1, -0.05) is 6.42 Å². The lowest BCUT2D eigenvalue weighted by molar-refractivity contribution is 0.256. The first-order chi connectivity index (χ1) is 13.7. The first kappa shape index (κ1) is 19.7. The zero-order chi connectivity index (χ0) is 19.3. The van der Waals surface area contributed by atoms with E-state index in [4.69, 9.17) is 4.99 Å². The lowest BCUT2D eigenvalue weighted by Crippen LogP contribution is -2.44. The predicted octanol–water partition coefficient (Wildman–Crippen LogP) is 2.12. The van der Waals surface area contributed by atoms with Crippen molar-refractivity contribution in [1.29, 1.82) is 0 Å². The highest BCUT2D eigenvalue weighted by atomic mass is 15.3. The van der Waals surface area contributed by atoms with Crippen LogP contribution in [0.3, 0.4) is 0 Å². The summed E-state index contributed by atoms with van der Waals surface area (Å²) in [6.07, 6.45) is 10.9. The molecule has 2 unspecified atom stereocenters. The van der Waals surface area contributed by atoms with Crippen molar-refractivity contribution in [2.45, 2.75) is 96.3 Å². The highest BCUT2D eigenvalue weighted by Crippen LogP contribution is 2.33. The summed E-state index contributed by atoms with van der Waals surface area (Å²) >= 11 is 0. The van der Waals surface area contributed by atoms with Gasteiger partial charge in [-0.25, -0.2) is 0 Å². The monoisotopic (exact) mass is 387 g/mol. The van der Waals surface area contributed by atoms with Gasteiger partial charge in [0.25, 0.3) is 0 Å². The fraction of sp³-hybridized carbons (Fsp3) is 0.857. The summed E-state index contributed by atoms with van der Waals surface area (Å²) in [4.78, 5) is 7.51. The number of hydrogen-bond donors (Lipinski definition) is 2. The molecule has 4 rings (SSSR count). The Labute approximate surface area is 169 Å². The van der Waals surface area contributed by atoms with Gasteiger partial charge in [-0.05, 0) is 52.4 Å². The van der Waals surface area contributed by atoms with Crippen molar-refractivity contribution in [2.75, 3.05) is 19.6 Å². The number of rotatable bonds is 7. The van der Waals surface area contributed by atoms with Crippen molar-refractivity contribution in [2.24, 2.45) is 4.99 Å². The molecular formula is C21H37N7. The quantitative estimate of drug-likeness (QED) is 0.426. The molecule has 1 saturated carbocycles. The highest BCUT2D eigenvalue weighted by Gasteiger charge is 2.38. The molecule has 1 aromatic heterocycles. The molecule has 3 heterocycles. The summed E-state index contributed by atoms with van der Waals surface area (Å²) in [7, 11) is 0. The largest absolute Gasteiger partial charge is 0.357 e. The molecule has 3 aliphatic rings. The number of fused-ring (bicyclic) bond motifs is 1. The van der Waals surface area contributed by atoms with Crippen LogP contribution in [0, 0.1) is 0 Å². The maximum Gasteiger partial charge on any atom is 0.191 e. The summed E-state index contributed by atoms with van der Waals surface area (Å²) in [5.41, 5.74) is 0. The molecular weight excluding hydrogens is 350 g/mol. The van der Waals surface area contributed by atoms with Crippen LogP contribution in [0.15, 0.2) is 4.99 Å². The Morgan fingerprint density at radius 1 is 1.21 bits per heavy atom. The normalized spacial score (nSPS) is 26.1. The van der Waals surface area contributed by atoms with Crippen molar-refractivity contribution < 1.29 is 0 Å². The molecule has 156 valence electrons.